The van der Waals surface area contributed by atoms with Gasteiger partial charge >= 0.3 is 12.1 Å². The predicted octanol–water partition coefficient (Wildman–Crippen LogP) is 3.49. The lowest BCUT2D eigenvalue weighted by Gasteiger charge is -2.08. The zero-order valence-electron chi connectivity index (χ0n) is 11.2. The van der Waals surface area contributed by atoms with Crippen molar-refractivity contribution in [2.75, 3.05) is 5.32 Å². The molecule has 2 rings (SSSR count). The minimum Gasteiger partial charge on any atom is -0.507 e. The standard InChI is InChI=1S/C15H12ClNO5/c16-10-3-1-9(2-4-10)8-22-15(21)17-11-5-6-12(14(19)20)13(18)7-11/h1-7,18H,8H2,(H,17,21)(H,19,20). The number of rotatable bonds is 4. The Morgan fingerprint density at radius 1 is 1.14 bits per heavy atom. The molecule has 0 saturated heterocycles. The zero-order valence-corrected chi connectivity index (χ0v) is 12.0. The summed E-state index contributed by atoms with van der Waals surface area (Å²) in [7, 11) is 0. The van der Waals surface area contributed by atoms with E-state index in [2.05, 4.69) is 5.32 Å². The fourth-order valence-corrected chi connectivity index (χ4v) is 1.80. The molecular weight excluding hydrogens is 310 g/mol. The van der Waals surface area contributed by atoms with Gasteiger partial charge in [0.05, 0.1) is 0 Å². The van der Waals surface area contributed by atoms with E-state index in [-0.39, 0.29) is 17.9 Å². The fraction of sp³-hybridized carbons (Fsp3) is 0.0667. The SMILES string of the molecule is O=C(Nc1ccc(C(=O)O)c(O)c1)OCc1ccc(Cl)cc1. The second-order valence-corrected chi connectivity index (χ2v) is 4.80. The molecule has 0 heterocycles. The summed E-state index contributed by atoms with van der Waals surface area (Å²) in [4.78, 5) is 22.4. The van der Waals surface area contributed by atoms with Gasteiger partial charge in [0.2, 0.25) is 0 Å². The first-order chi connectivity index (χ1) is 10.5. The maximum Gasteiger partial charge on any atom is 0.411 e. The van der Waals surface area contributed by atoms with E-state index in [1.807, 2.05) is 0 Å². The second kappa shape index (κ2) is 6.82. The van der Waals surface area contributed by atoms with Crippen LogP contribution in [0.3, 0.4) is 0 Å². The van der Waals surface area contributed by atoms with Gasteiger partial charge in [-0.15, -0.1) is 0 Å². The maximum atomic E-state index is 11.6. The zero-order chi connectivity index (χ0) is 16.1. The van der Waals surface area contributed by atoms with Gasteiger partial charge in [-0.25, -0.2) is 9.59 Å². The Morgan fingerprint density at radius 3 is 2.41 bits per heavy atom. The number of carbonyl (C=O) groups is 2. The Kier molecular flexibility index (Phi) is 4.85. The van der Waals surface area contributed by atoms with Crippen LogP contribution in [0.2, 0.25) is 5.02 Å². The van der Waals surface area contributed by atoms with Crippen molar-refractivity contribution in [3.63, 3.8) is 0 Å². The highest BCUT2D eigenvalue weighted by atomic mass is 35.5. The van der Waals surface area contributed by atoms with Gasteiger partial charge in [0.15, 0.2) is 0 Å². The molecule has 22 heavy (non-hydrogen) atoms. The number of hydrogen-bond donors (Lipinski definition) is 3. The van der Waals surface area contributed by atoms with Crippen molar-refractivity contribution in [3.8, 4) is 5.75 Å². The average molecular weight is 322 g/mol. The lowest BCUT2D eigenvalue weighted by Crippen LogP contribution is -2.13. The summed E-state index contributed by atoms with van der Waals surface area (Å²) in [6.45, 7) is 0.0577. The van der Waals surface area contributed by atoms with Crippen molar-refractivity contribution in [3.05, 3.63) is 58.6 Å². The van der Waals surface area contributed by atoms with E-state index in [4.69, 9.17) is 21.4 Å². The summed E-state index contributed by atoms with van der Waals surface area (Å²) in [5.41, 5.74) is 0.743. The Hall–Kier alpha value is -2.73. The summed E-state index contributed by atoms with van der Waals surface area (Å²) in [5, 5.41) is 21.3. The Balaban J connectivity index is 1.93. The van der Waals surface area contributed by atoms with Gasteiger partial charge in [-0.1, -0.05) is 23.7 Å². The van der Waals surface area contributed by atoms with E-state index in [9.17, 15) is 14.7 Å². The van der Waals surface area contributed by atoms with Crippen LogP contribution in [-0.2, 0) is 11.3 Å². The topological polar surface area (TPSA) is 95.9 Å². The van der Waals surface area contributed by atoms with Crippen LogP contribution in [0.1, 0.15) is 15.9 Å². The van der Waals surface area contributed by atoms with Gasteiger partial charge in [-0.3, -0.25) is 5.32 Å². The molecule has 3 N–H and O–H groups in total. The molecule has 0 radical (unpaired) electrons. The molecule has 7 heteroatoms. The van der Waals surface area contributed by atoms with E-state index >= 15 is 0 Å². The van der Waals surface area contributed by atoms with Gasteiger partial charge in [-0.2, -0.15) is 0 Å². The molecule has 0 spiro atoms. The molecule has 0 aromatic heterocycles. The van der Waals surface area contributed by atoms with E-state index < -0.39 is 17.8 Å². The number of amides is 1. The number of aromatic hydroxyl groups is 1. The minimum atomic E-state index is -1.26. The van der Waals surface area contributed by atoms with Crippen LogP contribution in [0.5, 0.6) is 5.75 Å². The summed E-state index contributed by atoms with van der Waals surface area (Å²) in [6, 6.07) is 10.5. The molecule has 0 aliphatic rings. The van der Waals surface area contributed by atoms with Crippen LogP contribution in [0.15, 0.2) is 42.5 Å². The van der Waals surface area contributed by atoms with Crippen molar-refractivity contribution in [2.24, 2.45) is 0 Å². The maximum absolute atomic E-state index is 11.6. The highest BCUT2D eigenvalue weighted by Crippen LogP contribution is 2.22. The molecule has 0 aliphatic carbocycles. The predicted molar refractivity (Wildman–Crippen MR) is 80.3 cm³/mol. The number of nitrogens with one attached hydrogen (secondary N) is 1. The molecule has 1 amide bonds. The fourth-order valence-electron chi connectivity index (χ4n) is 1.67. The molecule has 0 atom stereocenters. The number of carbonyl (C=O) groups excluding carboxylic acids is 1. The van der Waals surface area contributed by atoms with Crippen molar-refractivity contribution in [1.29, 1.82) is 0 Å². The third-order valence-corrected chi connectivity index (χ3v) is 3.01. The highest BCUT2D eigenvalue weighted by Gasteiger charge is 2.11. The van der Waals surface area contributed by atoms with Crippen molar-refractivity contribution in [2.45, 2.75) is 6.61 Å². The molecule has 0 aliphatic heterocycles. The first-order valence-electron chi connectivity index (χ1n) is 6.20. The lowest BCUT2D eigenvalue weighted by atomic mass is 10.2. The largest absolute Gasteiger partial charge is 0.507 e. The summed E-state index contributed by atoms with van der Waals surface area (Å²) in [5.74, 6) is -1.70. The first kappa shape index (κ1) is 15.7. The molecule has 0 unspecified atom stereocenters. The van der Waals surface area contributed by atoms with Gasteiger partial charge in [0.1, 0.15) is 17.9 Å². The van der Waals surface area contributed by atoms with Gasteiger partial charge in [0.25, 0.3) is 0 Å². The minimum absolute atomic E-state index is 0.0577. The molecule has 2 aromatic rings. The quantitative estimate of drug-likeness (QED) is 0.801. The number of aromatic carboxylic acids is 1. The monoisotopic (exact) mass is 321 g/mol. The number of halogens is 1. The van der Waals surface area contributed by atoms with E-state index in [1.54, 1.807) is 24.3 Å². The molecule has 2 aromatic carbocycles. The normalized spacial score (nSPS) is 10.0. The highest BCUT2D eigenvalue weighted by molar-refractivity contribution is 6.30. The van der Waals surface area contributed by atoms with Crippen LogP contribution < -0.4 is 5.32 Å². The van der Waals surface area contributed by atoms with Gasteiger partial charge in [-0.05, 0) is 29.8 Å². The lowest BCUT2D eigenvalue weighted by molar-refractivity contribution is 0.0693. The molecule has 114 valence electrons. The number of hydrogen-bond acceptors (Lipinski definition) is 4. The third kappa shape index (κ3) is 4.13. The molecule has 0 fully saturated rings. The number of carboxylic acids is 1. The van der Waals surface area contributed by atoms with Crippen molar-refractivity contribution >= 4 is 29.4 Å². The van der Waals surface area contributed by atoms with Gasteiger partial charge < -0.3 is 14.9 Å². The van der Waals surface area contributed by atoms with Crippen molar-refractivity contribution in [1.82, 2.24) is 0 Å². The van der Waals surface area contributed by atoms with Crippen LogP contribution in [-0.4, -0.2) is 22.3 Å². The molecule has 0 saturated carbocycles. The van der Waals surface area contributed by atoms with E-state index in [1.165, 1.54) is 12.1 Å². The number of benzene rings is 2. The first-order valence-corrected chi connectivity index (χ1v) is 6.58. The summed E-state index contributed by atoms with van der Waals surface area (Å²) >= 11 is 5.75. The Bertz CT molecular complexity index is 700. The van der Waals surface area contributed by atoms with Crippen LogP contribution in [0, 0.1) is 0 Å². The number of anilines is 1. The van der Waals surface area contributed by atoms with Crippen LogP contribution in [0.25, 0.3) is 0 Å². The smallest absolute Gasteiger partial charge is 0.411 e. The summed E-state index contributed by atoms with van der Waals surface area (Å²) in [6.07, 6.45) is -0.725. The molecule has 0 bridgehead atoms. The van der Waals surface area contributed by atoms with Crippen molar-refractivity contribution < 1.29 is 24.5 Å². The average Bonchev–Trinajstić information content (AvgIpc) is 2.46. The second-order valence-electron chi connectivity index (χ2n) is 4.36. The number of ether oxygens (including phenoxy) is 1. The van der Waals surface area contributed by atoms with Crippen LogP contribution >= 0.6 is 11.6 Å². The Labute approximate surface area is 130 Å². The molecule has 6 nitrogen and oxygen atoms in total. The third-order valence-electron chi connectivity index (χ3n) is 2.76. The Morgan fingerprint density at radius 2 is 1.82 bits per heavy atom. The van der Waals surface area contributed by atoms with Crippen LogP contribution in [0.4, 0.5) is 10.5 Å². The molecular formula is C15H12ClNO5. The number of phenols is 1. The number of carboxylic acid groups (broad SMARTS) is 1. The van der Waals surface area contributed by atoms with Gasteiger partial charge in [0, 0.05) is 16.8 Å². The summed E-state index contributed by atoms with van der Waals surface area (Å²) < 4.78 is 5.00. The van der Waals surface area contributed by atoms with E-state index in [0.29, 0.717) is 5.02 Å². The van der Waals surface area contributed by atoms with E-state index in [0.717, 1.165) is 11.6 Å².